The van der Waals surface area contributed by atoms with Crippen LogP contribution in [0.25, 0.3) is 0 Å². The number of hydrogen-bond donors (Lipinski definition) is 0. The van der Waals surface area contributed by atoms with Gasteiger partial charge in [0.25, 0.3) is 5.91 Å². The Morgan fingerprint density at radius 1 is 1.47 bits per heavy atom. The molecule has 92 valence electrons. The lowest BCUT2D eigenvalue weighted by atomic mass is 10.1. The van der Waals surface area contributed by atoms with Crippen molar-refractivity contribution in [3.63, 3.8) is 0 Å². The highest BCUT2D eigenvalue weighted by Gasteiger charge is 2.33. The molecule has 0 saturated carbocycles. The second-order valence-electron chi connectivity index (χ2n) is 4.45. The first-order valence-electron chi connectivity index (χ1n) is 5.40. The molecule has 17 heavy (non-hydrogen) atoms. The summed E-state index contributed by atoms with van der Waals surface area (Å²) in [5.74, 6) is -0.650. The van der Waals surface area contributed by atoms with Gasteiger partial charge >= 0.3 is 0 Å². The first kappa shape index (κ1) is 12.8. The fourth-order valence-corrected chi connectivity index (χ4v) is 2.27. The molecule has 1 amide bonds. The van der Waals surface area contributed by atoms with Crippen LogP contribution in [-0.2, 0) is 0 Å². The van der Waals surface area contributed by atoms with Gasteiger partial charge < -0.3 is 9.80 Å². The third kappa shape index (κ3) is 2.60. The van der Waals surface area contributed by atoms with Crippen molar-refractivity contribution in [2.45, 2.75) is 6.04 Å². The van der Waals surface area contributed by atoms with Crippen LogP contribution in [0.1, 0.15) is 10.4 Å². The summed E-state index contributed by atoms with van der Waals surface area (Å²) in [6.45, 7) is 1.35. The van der Waals surface area contributed by atoms with E-state index in [1.807, 2.05) is 14.1 Å². The van der Waals surface area contributed by atoms with Crippen LogP contribution in [0.4, 0.5) is 4.39 Å². The fourth-order valence-electron chi connectivity index (χ4n) is 1.78. The quantitative estimate of drug-likeness (QED) is 0.762. The minimum atomic E-state index is -0.441. The van der Waals surface area contributed by atoms with Crippen molar-refractivity contribution >= 4 is 28.5 Å². The SMILES string of the molecule is CN(C)C1CN(C(=O)c2cc(I)ccc2F)C1. The second kappa shape index (κ2) is 4.89. The molecule has 0 radical (unpaired) electrons. The molecule has 0 atom stereocenters. The number of rotatable bonds is 2. The van der Waals surface area contributed by atoms with Gasteiger partial charge in [-0.25, -0.2) is 4.39 Å². The van der Waals surface area contributed by atoms with E-state index in [0.29, 0.717) is 19.1 Å². The van der Waals surface area contributed by atoms with Gasteiger partial charge in [-0.05, 0) is 54.9 Å². The van der Waals surface area contributed by atoms with E-state index < -0.39 is 5.82 Å². The molecule has 1 fully saturated rings. The Bertz CT molecular complexity index is 444. The number of benzene rings is 1. The standard InChI is InChI=1S/C12H14FIN2O/c1-15(2)9-6-16(7-9)12(17)10-5-8(14)3-4-11(10)13/h3-5,9H,6-7H2,1-2H3. The number of hydrogen-bond acceptors (Lipinski definition) is 2. The Morgan fingerprint density at radius 2 is 2.12 bits per heavy atom. The summed E-state index contributed by atoms with van der Waals surface area (Å²) in [6.07, 6.45) is 0. The smallest absolute Gasteiger partial charge is 0.256 e. The van der Waals surface area contributed by atoms with E-state index in [0.717, 1.165) is 3.57 Å². The van der Waals surface area contributed by atoms with Gasteiger partial charge in [0.2, 0.25) is 0 Å². The molecule has 1 saturated heterocycles. The van der Waals surface area contributed by atoms with Crippen LogP contribution < -0.4 is 0 Å². The zero-order chi connectivity index (χ0) is 12.6. The largest absolute Gasteiger partial charge is 0.335 e. The van der Waals surface area contributed by atoms with E-state index in [1.54, 1.807) is 17.0 Å². The minimum Gasteiger partial charge on any atom is -0.335 e. The molecule has 5 heteroatoms. The summed E-state index contributed by atoms with van der Waals surface area (Å²) < 4.78 is 14.4. The molecule has 1 aliphatic rings. The van der Waals surface area contributed by atoms with Gasteiger partial charge in [0.15, 0.2) is 0 Å². The van der Waals surface area contributed by atoms with Crippen molar-refractivity contribution in [1.29, 1.82) is 0 Å². The molecule has 0 spiro atoms. The maximum Gasteiger partial charge on any atom is 0.256 e. The maximum atomic E-state index is 13.5. The molecule has 1 aromatic rings. The van der Waals surface area contributed by atoms with Crippen molar-refractivity contribution in [3.05, 3.63) is 33.1 Å². The van der Waals surface area contributed by atoms with Crippen LogP contribution in [0.5, 0.6) is 0 Å². The van der Waals surface area contributed by atoms with E-state index in [2.05, 4.69) is 27.5 Å². The van der Waals surface area contributed by atoms with E-state index in [4.69, 9.17) is 0 Å². The van der Waals surface area contributed by atoms with E-state index in [-0.39, 0.29) is 11.5 Å². The van der Waals surface area contributed by atoms with Gasteiger partial charge in [-0.1, -0.05) is 0 Å². The molecule has 0 aliphatic carbocycles. The average Bonchev–Trinajstić information content (AvgIpc) is 2.18. The lowest BCUT2D eigenvalue weighted by Crippen LogP contribution is -2.59. The zero-order valence-electron chi connectivity index (χ0n) is 9.78. The van der Waals surface area contributed by atoms with Gasteiger partial charge in [-0.3, -0.25) is 4.79 Å². The van der Waals surface area contributed by atoms with Crippen molar-refractivity contribution in [3.8, 4) is 0 Å². The third-order valence-electron chi connectivity index (χ3n) is 3.04. The van der Waals surface area contributed by atoms with Gasteiger partial charge in [-0.2, -0.15) is 0 Å². The molecule has 1 heterocycles. The van der Waals surface area contributed by atoms with Crippen LogP contribution >= 0.6 is 22.6 Å². The van der Waals surface area contributed by atoms with Crippen molar-refractivity contribution in [1.82, 2.24) is 9.80 Å². The van der Waals surface area contributed by atoms with E-state index in [9.17, 15) is 9.18 Å². The highest BCUT2D eigenvalue weighted by atomic mass is 127. The molecule has 2 rings (SSSR count). The lowest BCUT2D eigenvalue weighted by molar-refractivity contribution is 0.0395. The fraction of sp³-hybridized carbons (Fsp3) is 0.417. The average molecular weight is 348 g/mol. The Balaban J connectivity index is 2.09. The summed E-state index contributed by atoms with van der Waals surface area (Å²) >= 11 is 2.08. The van der Waals surface area contributed by atoms with E-state index >= 15 is 0 Å². The lowest BCUT2D eigenvalue weighted by Gasteiger charge is -2.42. The number of halogens is 2. The molecule has 1 aliphatic heterocycles. The molecule has 0 aromatic heterocycles. The predicted octanol–water partition coefficient (Wildman–Crippen LogP) is 1.82. The number of nitrogens with zero attached hydrogens (tertiary/aromatic N) is 2. The van der Waals surface area contributed by atoms with Crippen LogP contribution in [-0.4, -0.2) is 48.9 Å². The number of amides is 1. The van der Waals surface area contributed by atoms with Gasteiger partial charge in [0.1, 0.15) is 5.82 Å². The topological polar surface area (TPSA) is 23.6 Å². The molecule has 0 bridgehead atoms. The monoisotopic (exact) mass is 348 g/mol. The van der Waals surface area contributed by atoms with Crippen molar-refractivity contribution in [2.75, 3.05) is 27.2 Å². The van der Waals surface area contributed by atoms with Crippen LogP contribution in [0, 0.1) is 9.39 Å². The summed E-state index contributed by atoms with van der Waals surface area (Å²) in [5.41, 5.74) is 0.175. The Morgan fingerprint density at radius 3 is 2.71 bits per heavy atom. The van der Waals surface area contributed by atoms with Crippen molar-refractivity contribution in [2.24, 2.45) is 0 Å². The van der Waals surface area contributed by atoms with Gasteiger partial charge in [0, 0.05) is 22.7 Å². The Labute approximate surface area is 114 Å². The van der Waals surface area contributed by atoms with Gasteiger partial charge in [-0.15, -0.1) is 0 Å². The molecule has 0 unspecified atom stereocenters. The Kier molecular flexibility index (Phi) is 3.67. The normalized spacial score (nSPS) is 16.2. The van der Waals surface area contributed by atoms with Crippen LogP contribution in [0.15, 0.2) is 18.2 Å². The first-order valence-corrected chi connectivity index (χ1v) is 6.47. The zero-order valence-corrected chi connectivity index (χ0v) is 11.9. The van der Waals surface area contributed by atoms with Crippen molar-refractivity contribution < 1.29 is 9.18 Å². The summed E-state index contributed by atoms with van der Waals surface area (Å²) in [4.78, 5) is 15.8. The van der Waals surface area contributed by atoms with E-state index in [1.165, 1.54) is 6.07 Å². The van der Waals surface area contributed by atoms with Gasteiger partial charge in [0.05, 0.1) is 5.56 Å². The third-order valence-corrected chi connectivity index (χ3v) is 3.71. The van der Waals surface area contributed by atoms with Crippen LogP contribution in [0.3, 0.4) is 0 Å². The highest BCUT2D eigenvalue weighted by Crippen LogP contribution is 2.19. The number of carbonyl (C=O) groups is 1. The molecule has 3 nitrogen and oxygen atoms in total. The second-order valence-corrected chi connectivity index (χ2v) is 5.70. The number of likely N-dealkylation sites (N-methyl/N-ethyl adjacent to an activating group) is 1. The molecule has 1 aromatic carbocycles. The number of likely N-dealkylation sites (tertiary alicyclic amines) is 1. The maximum absolute atomic E-state index is 13.5. The minimum absolute atomic E-state index is 0.175. The van der Waals surface area contributed by atoms with Crippen LogP contribution in [0.2, 0.25) is 0 Å². The highest BCUT2D eigenvalue weighted by molar-refractivity contribution is 14.1. The Hall–Kier alpha value is -0.690. The molecule has 0 N–H and O–H groups in total. The number of carbonyl (C=O) groups excluding carboxylic acids is 1. The summed E-state index contributed by atoms with van der Waals surface area (Å²) in [6, 6.07) is 5.00. The molecular weight excluding hydrogens is 334 g/mol. The predicted molar refractivity (Wildman–Crippen MR) is 72.5 cm³/mol. The molecular formula is C12H14FIN2O. The summed E-state index contributed by atoms with van der Waals surface area (Å²) in [5, 5.41) is 0. The first-order chi connectivity index (χ1) is 7.99. The summed E-state index contributed by atoms with van der Waals surface area (Å²) in [7, 11) is 3.97.